The van der Waals surface area contributed by atoms with Crippen LogP contribution >= 0.6 is 0 Å². The fourth-order valence-corrected chi connectivity index (χ4v) is 4.08. The molecule has 156 valence electrons. The average molecular weight is 409 g/mol. The summed E-state index contributed by atoms with van der Waals surface area (Å²) in [5.74, 6) is -3.53. The number of nitrogens with zero attached hydrogens (tertiary/aromatic N) is 1. The number of carboxylic acid groups (broad SMARTS) is 1. The SMILES string of the molecule is CC1(C)OC(=O)C(=c2c3cccc4cccc(c43)n2CCCCCC(=O)O)C(=O)O1. The van der Waals surface area contributed by atoms with E-state index in [0.717, 1.165) is 28.1 Å². The first-order chi connectivity index (χ1) is 14.3. The summed E-state index contributed by atoms with van der Waals surface area (Å²) >= 11 is 0. The molecule has 1 N–H and O–H groups in total. The molecule has 7 heteroatoms. The molecule has 0 unspecified atom stereocenters. The first-order valence-corrected chi connectivity index (χ1v) is 10.0. The van der Waals surface area contributed by atoms with Crippen molar-refractivity contribution in [2.45, 2.75) is 51.9 Å². The van der Waals surface area contributed by atoms with Crippen LogP contribution in [-0.4, -0.2) is 33.4 Å². The highest BCUT2D eigenvalue weighted by atomic mass is 16.7. The molecule has 0 bridgehead atoms. The van der Waals surface area contributed by atoms with Gasteiger partial charge in [0.05, 0.1) is 5.35 Å². The summed E-state index contributed by atoms with van der Waals surface area (Å²) in [4.78, 5) is 36.4. The number of carbonyl (C=O) groups excluding carboxylic acids is 2. The number of aliphatic carboxylic acids is 1. The lowest BCUT2D eigenvalue weighted by Gasteiger charge is -2.29. The standard InChI is InChI=1S/C23H23NO6/c1-23(2)29-21(27)19(22(28)30-23)20-15-10-6-8-14-9-7-11-16(18(14)15)24(20)13-5-3-4-12-17(25)26/h6-11H,3-5,12-13H2,1-2H3,(H,25,26). The molecule has 7 nitrogen and oxygen atoms in total. The fraction of sp³-hybridized carbons (Fsp3) is 0.348. The molecule has 3 aromatic rings. The summed E-state index contributed by atoms with van der Waals surface area (Å²) in [6, 6.07) is 11.6. The van der Waals surface area contributed by atoms with Gasteiger partial charge in [0.2, 0.25) is 0 Å². The van der Waals surface area contributed by atoms with Crippen molar-refractivity contribution in [1.29, 1.82) is 0 Å². The van der Waals surface area contributed by atoms with E-state index in [0.29, 0.717) is 24.7 Å². The number of aryl methyl sites for hydroxylation is 1. The lowest BCUT2D eigenvalue weighted by atomic mass is 10.1. The Kier molecular flexibility index (Phi) is 4.97. The van der Waals surface area contributed by atoms with E-state index in [2.05, 4.69) is 0 Å². The summed E-state index contributed by atoms with van der Waals surface area (Å²) in [7, 11) is 0. The van der Waals surface area contributed by atoms with Crippen molar-refractivity contribution in [1.82, 2.24) is 4.57 Å². The number of ether oxygens (including phenoxy) is 2. The summed E-state index contributed by atoms with van der Waals surface area (Å²) in [5, 5.41) is 12.1. The lowest BCUT2D eigenvalue weighted by Crippen LogP contribution is -2.44. The maximum absolute atomic E-state index is 12.8. The third-order valence-electron chi connectivity index (χ3n) is 5.29. The van der Waals surface area contributed by atoms with E-state index in [4.69, 9.17) is 14.6 Å². The highest BCUT2D eigenvalue weighted by Gasteiger charge is 2.40. The second kappa shape index (κ2) is 7.48. The van der Waals surface area contributed by atoms with Crippen LogP contribution in [0.1, 0.15) is 39.5 Å². The molecule has 1 aliphatic rings. The van der Waals surface area contributed by atoms with E-state index in [9.17, 15) is 14.4 Å². The molecule has 1 fully saturated rings. The minimum Gasteiger partial charge on any atom is -0.481 e. The number of unbranched alkanes of at least 4 members (excludes halogenated alkanes) is 2. The third kappa shape index (κ3) is 3.51. The third-order valence-corrected chi connectivity index (χ3v) is 5.29. The number of esters is 2. The van der Waals surface area contributed by atoms with Crippen LogP contribution in [0.3, 0.4) is 0 Å². The summed E-state index contributed by atoms with van der Waals surface area (Å²) < 4.78 is 12.7. The van der Waals surface area contributed by atoms with Gasteiger partial charge >= 0.3 is 17.9 Å². The molecule has 2 heterocycles. The molecular weight excluding hydrogens is 386 g/mol. The van der Waals surface area contributed by atoms with E-state index >= 15 is 0 Å². The van der Waals surface area contributed by atoms with E-state index in [1.165, 1.54) is 13.8 Å². The topological polar surface area (TPSA) is 94.8 Å². The lowest BCUT2D eigenvalue weighted by molar-refractivity contribution is -0.217. The number of aromatic nitrogens is 1. The first-order valence-electron chi connectivity index (χ1n) is 10.0. The highest BCUT2D eigenvalue weighted by Crippen LogP contribution is 2.29. The number of cyclic esters (lactones) is 2. The summed E-state index contributed by atoms with van der Waals surface area (Å²) in [6.07, 6.45) is 2.13. The van der Waals surface area contributed by atoms with E-state index < -0.39 is 23.7 Å². The van der Waals surface area contributed by atoms with Crippen molar-refractivity contribution >= 4 is 45.2 Å². The first kappa shape index (κ1) is 19.9. The monoisotopic (exact) mass is 409 g/mol. The second-order valence-electron chi connectivity index (χ2n) is 7.94. The molecule has 0 atom stereocenters. The molecule has 0 saturated carbocycles. The molecular formula is C23H23NO6. The molecule has 0 radical (unpaired) electrons. The van der Waals surface area contributed by atoms with Gasteiger partial charge < -0.3 is 19.1 Å². The zero-order chi connectivity index (χ0) is 21.5. The average Bonchev–Trinajstić information content (AvgIpc) is 2.96. The van der Waals surface area contributed by atoms with Gasteiger partial charge in [0, 0.05) is 43.1 Å². The Hall–Kier alpha value is -3.35. The van der Waals surface area contributed by atoms with Crippen molar-refractivity contribution in [3.05, 3.63) is 41.7 Å². The van der Waals surface area contributed by atoms with Crippen LogP contribution in [0.2, 0.25) is 0 Å². The van der Waals surface area contributed by atoms with Gasteiger partial charge in [-0.3, -0.25) is 4.79 Å². The maximum atomic E-state index is 12.8. The van der Waals surface area contributed by atoms with Crippen LogP contribution in [0, 0.1) is 0 Å². The number of benzene rings is 2. The van der Waals surface area contributed by atoms with Crippen LogP contribution in [0.4, 0.5) is 0 Å². The Morgan fingerprint density at radius 3 is 2.33 bits per heavy atom. The predicted molar refractivity (Wildman–Crippen MR) is 110 cm³/mol. The maximum Gasteiger partial charge on any atom is 0.351 e. The van der Waals surface area contributed by atoms with Crippen molar-refractivity contribution in [2.75, 3.05) is 0 Å². The normalized spacial score (nSPS) is 16.1. The van der Waals surface area contributed by atoms with E-state index in [1.54, 1.807) is 0 Å². The minimum atomic E-state index is -1.31. The number of hydrogen-bond donors (Lipinski definition) is 1. The van der Waals surface area contributed by atoms with Gasteiger partial charge in [-0.2, -0.15) is 0 Å². The Morgan fingerprint density at radius 2 is 1.67 bits per heavy atom. The fourth-order valence-electron chi connectivity index (χ4n) is 4.08. The molecule has 1 saturated heterocycles. The molecule has 0 aliphatic carbocycles. The van der Waals surface area contributed by atoms with Gasteiger partial charge in [0.15, 0.2) is 5.57 Å². The molecule has 1 aliphatic heterocycles. The molecule has 2 aromatic carbocycles. The minimum absolute atomic E-state index is 0.108. The molecule has 30 heavy (non-hydrogen) atoms. The molecule has 4 rings (SSSR count). The zero-order valence-electron chi connectivity index (χ0n) is 16.9. The Bertz CT molecular complexity index is 1190. The summed E-state index contributed by atoms with van der Waals surface area (Å²) in [5.41, 5.74) is 0.804. The number of carboxylic acids is 1. The second-order valence-corrected chi connectivity index (χ2v) is 7.94. The Balaban J connectivity index is 1.88. The van der Waals surface area contributed by atoms with Gasteiger partial charge in [-0.15, -0.1) is 0 Å². The van der Waals surface area contributed by atoms with E-state index in [1.807, 2.05) is 41.0 Å². The van der Waals surface area contributed by atoms with Gasteiger partial charge in [0.25, 0.3) is 5.79 Å². The van der Waals surface area contributed by atoms with E-state index in [-0.39, 0.29) is 12.0 Å². The van der Waals surface area contributed by atoms with Crippen molar-refractivity contribution in [3.63, 3.8) is 0 Å². The quantitative estimate of drug-likeness (QED) is 0.496. The van der Waals surface area contributed by atoms with Crippen LogP contribution in [0.15, 0.2) is 36.4 Å². The molecule has 1 aromatic heterocycles. The Labute approximate surface area is 172 Å². The Morgan fingerprint density at radius 1 is 1.00 bits per heavy atom. The molecule has 0 amide bonds. The number of rotatable bonds is 6. The van der Waals surface area contributed by atoms with Gasteiger partial charge in [-0.05, 0) is 24.3 Å². The molecule has 0 spiro atoms. The van der Waals surface area contributed by atoms with Crippen LogP contribution in [0.5, 0.6) is 0 Å². The van der Waals surface area contributed by atoms with Crippen LogP contribution in [0.25, 0.3) is 27.2 Å². The van der Waals surface area contributed by atoms with Gasteiger partial charge in [-0.1, -0.05) is 36.8 Å². The van der Waals surface area contributed by atoms with Crippen molar-refractivity contribution in [2.24, 2.45) is 0 Å². The highest BCUT2D eigenvalue weighted by molar-refractivity contribution is 6.38. The zero-order valence-corrected chi connectivity index (χ0v) is 16.9. The smallest absolute Gasteiger partial charge is 0.351 e. The van der Waals surface area contributed by atoms with Crippen LogP contribution in [-0.2, 0) is 30.4 Å². The predicted octanol–water partition coefficient (Wildman–Crippen LogP) is 3.15. The van der Waals surface area contributed by atoms with Crippen molar-refractivity contribution in [3.8, 4) is 0 Å². The number of hydrogen-bond acceptors (Lipinski definition) is 5. The number of carbonyl (C=O) groups is 3. The van der Waals surface area contributed by atoms with Gasteiger partial charge in [-0.25, -0.2) is 9.59 Å². The van der Waals surface area contributed by atoms with Crippen molar-refractivity contribution < 1.29 is 29.0 Å². The largest absolute Gasteiger partial charge is 0.481 e. The van der Waals surface area contributed by atoms with Gasteiger partial charge in [0.1, 0.15) is 0 Å². The summed E-state index contributed by atoms with van der Waals surface area (Å²) in [6.45, 7) is 3.58. The van der Waals surface area contributed by atoms with Crippen LogP contribution < -0.4 is 5.35 Å².